The Bertz CT molecular complexity index is 250. The van der Waals surface area contributed by atoms with Gasteiger partial charge in [0.2, 0.25) is 5.91 Å². The minimum absolute atomic E-state index is 0.389. The zero-order valence-corrected chi connectivity index (χ0v) is 9.18. The quantitative estimate of drug-likeness (QED) is 0.755. The standard InChI is InChI=1S/C9H14ClF2NO2/c1-2-7(10)8(15)13-5-9(11,12)3-6(13)4-14/h6-7,14H,2-5H2,1H3/t6-,7-/m0/s1. The van der Waals surface area contributed by atoms with Crippen molar-refractivity contribution in [2.24, 2.45) is 0 Å². The van der Waals surface area contributed by atoms with Crippen LogP contribution in [0.2, 0.25) is 0 Å². The summed E-state index contributed by atoms with van der Waals surface area (Å²) in [4.78, 5) is 12.6. The molecule has 0 aliphatic carbocycles. The second-order valence-corrected chi connectivity index (χ2v) is 4.27. The number of aliphatic hydroxyl groups is 1. The van der Waals surface area contributed by atoms with E-state index in [0.717, 1.165) is 4.90 Å². The van der Waals surface area contributed by atoms with E-state index in [0.29, 0.717) is 6.42 Å². The van der Waals surface area contributed by atoms with Gasteiger partial charge in [0, 0.05) is 6.42 Å². The summed E-state index contributed by atoms with van der Waals surface area (Å²) in [5.41, 5.74) is 0. The average molecular weight is 242 g/mol. The van der Waals surface area contributed by atoms with Crippen molar-refractivity contribution in [2.45, 2.75) is 37.1 Å². The van der Waals surface area contributed by atoms with Crippen molar-refractivity contribution in [1.29, 1.82) is 0 Å². The summed E-state index contributed by atoms with van der Waals surface area (Å²) in [5.74, 6) is -3.43. The predicted molar refractivity (Wildman–Crippen MR) is 52.1 cm³/mol. The summed E-state index contributed by atoms with van der Waals surface area (Å²) in [6.07, 6.45) is -0.0941. The van der Waals surface area contributed by atoms with Crippen molar-refractivity contribution in [3.8, 4) is 0 Å². The van der Waals surface area contributed by atoms with Crippen molar-refractivity contribution in [3.05, 3.63) is 0 Å². The Hall–Kier alpha value is -0.420. The first-order chi connectivity index (χ1) is 6.91. The third-order valence-corrected chi connectivity index (χ3v) is 2.99. The van der Waals surface area contributed by atoms with Crippen LogP contribution in [0.25, 0.3) is 0 Å². The number of likely N-dealkylation sites (tertiary alicyclic amines) is 1. The predicted octanol–water partition coefficient (Wildman–Crippen LogP) is 1.23. The van der Waals surface area contributed by atoms with E-state index in [4.69, 9.17) is 16.7 Å². The van der Waals surface area contributed by atoms with E-state index in [9.17, 15) is 13.6 Å². The summed E-state index contributed by atoms with van der Waals surface area (Å²) < 4.78 is 26.0. The van der Waals surface area contributed by atoms with Gasteiger partial charge >= 0.3 is 0 Å². The van der Waals surface area contributed by atoms with Gasteiger partial charge in [-0.2, -0.15) is 0 Å². The van der Waals surface area contributed by atoms with Gasteiger partial charge in [-0.1, -0.05) is 6.92 Å². The summed E-state index contributed by atoms with van der Waals surface area (Å²) in [6, 6.07) is -0.805. The lowest BCUT2D eigenvalue weighted by Crippen LogP contribution is -2.42. The Labute approximate surface area is 92.0 Å². The lowest BCUT2D eigenvalue weighted by molar-refractivity contribution is -0.133. The third kappa shape index (κ3) is 2.78. The lowest BCUT2D eigenvalue weighted by atomic mass is 10.2. The highest BCUT2D eigenvalue weighted by Gasteiger charge is 2.47. The molecule has 0 radical (unpaired) electrons. The number of halogens is 3. The number of rotatable bonds is 3. The minimum Gasteiger partial charge on any atom is -0.394 e. The van der Waals surface area contributed by atoms with Gasteiger partial charge in [-0.3, -0.25) is 4.79 Å². The zero-order valence-electron chi connectivity index (χ0n) is 8.42. The molecule has 1 heterocycles. The lowest BCUT2D eigenvalue weighted by Gasteiger charge is -2.24. The molecule has 1 rings (SSSR count). The molecule has 0 aromatic carbocycles. The number of alkyl halides is 3. The molecule has 1 fully saturated rings. The summed E-state index contributed by atoms with van der Waals surface area (Å²) in [5, 5.41) is 8.12. The minimum atomic E-state index is -2.91. The van der Waals surface area contributed by atoms with Gasteiger partial charge in [0.1, 0.15) is 5.38 Å². The molecule has 0 spiro atoms. The Balaban J connectivity index is 2.72. The molecule has 88 valence electrons. The molecule has 0 unspecified atom stereocenters. The van der Waals surface area contributed by atoms with Gasteiger partial charge in [0.05, 0.1) is 19.2 Å². The maximum absolute atomic E-state index is 13.0. The summed E-state index contributed by atoms with van der Waals surface area (Å²) in [6.45, 7) is 0.618. The number of carbonyl (C=O) groups is 1. The van der Waals surface area contributed by atoms with Crippen LogP contribution < -0.4 is 0 Å². The Morgan fingerprint density at radius 3 is 2.80 bits per heavy atom. The Morgan fingerprint density at radius 2 is 2.33 bits per heavy atom. The molecular formula is C9H14ClF2NO2. The molecular weight excluding hydrogens is 228 g/mol. The van der Waals surface area contributed by atoms with Crippen molar-refractivity contribution >= 4 is 17.5 Å². The number of aliphatic hydroxyl groups excluding tert-OH is 1. The first-order valence-electron chi connectivity index (χ1n) is 4.84. The average Bonchev–Trinajstić information content (AvgIpc) is 2.51. The highest BCUT2D eigenvalue weighted by molar-refractivity contribution is 6.30. The molecule has 1 saturated heterocycles. The van der Waals surface area contributed by atoms with Crippen LogP contribution in [0.5, 0.6) is 0 Å². The first kappa shape index (κ1) is 12.6. The zero-order chi connectivity index (χ0) is 11.6. The van der Waals surface area contributed by atoms with Gasteiger partial charge in [-0.25, -0.2) is 8.78 Å². The highest BCUT2D eigenvalue weighted by Crippen LogP contribution is 2.32. The Morgan fingerprint density at radius 1 is 1.73 bits per heavy atom. The molecule has 1 amide bonds. The maximum Gasteiger partial charge on any atom is 0.267 e. The highest BCUT2D eigenvalue weighted by atomic mass is 35.5. The van der Waals surface area contributed by atoms with Gasteiger partial charge in [-0.05, 0) is 6.42 Å². The monoisotopic (exact) mass is 241 g/mol. The van der Waals surface area contributed by atoms with Crippen LogP contribution in [0.3, 0.4) is 0 Å². The molecule has 0 saturated carbocycles. The summed E-state index contributed by atoms with van der Waals surface area (Å²) in [7, 11) is 0. The summed E-state index contributed by atoms with van der Waals surface area (Å²) >= 11 is 5.69. The van der Waals surface area contributed by atoms with E-state index in [1.807, 2.05) is 0 Å². The van der Waals surface area contributed by atoms with Gasteiger partial charge in [-0.15, -0.1) is 11.6 Å². The topological polar surface area (TPSA) is 40.5 Å². The number of hydrogen-bond donors (Lipinski definition) is 1. The Kier molecular flexibility index (Phi) is 3.89. The number of hydrogen-bond acceptors (Lipinski definition) is 2. The second kappa shape index (κ2) is 4.61. The van der Waals surface area contributed by atoms with Crippen LogP contribution in [0, 0.1) is 0 Å². The van der Waals surface area contributed by atoms with Crippen LogP contribution in [0.1, 0.15) is 19.8 Å². The van der Waals surface area contributed by atoms with Crippen molar-refractivity contribution in [1.82, 2.24) is 4.90 Å². The maximum atomic E-state index is 13.0. The fourth-order valence-corrected chi connectivity index (χ4v) is 1.80. The normalized spacial score (nSPS) is 26.7. The van der Waals surface area contributed by atoms with Crippen LogP contribution in [0.15, 0.2) is 0 Å². The molecule has 1 aliphatic rings. The molecule has 1 aliphatic heterocycles. The third-order valence-electron chi connectivity index (χ3n) is 2.50. The van der Waals surface area contributed by atoms with E-state index in [1.54, 1.807) is 6.92 Å². The molecule has 6 heteroatoms. The van der Waals surface area contributed by atoms with Crippen molar-refractivity contribution < 1.29 is 18.7 Å². The van der Waals surface area contributed by atoms with E-state index in [2.05, 4.69) is 0 Å². The number of carbonyl (C=O) groups excluding carboxylic acids is 1. The molecule has 3 nitrogen and oxygen atoms in total. The molecule has 1 N–H and O–H groups in total. The smallest absolute Gasteiger partial charge is 0.267 e. The van der Waals surface area contributed by atoms with Crippen molar-refractivity contribution in [3.63, 3.8) is 0 Å². The van der Waals surface area contributed by atoms with Gasteiger partial charge in [0.25, 0.3) is 5.92 Å². The molecule has 0 aromatic heterocycles. The first-order valence-corrected chi connectivity index (χ1v) is 5.28. The fourth-order valence-electron chi connectivity index (χ4n) is 1.67. The fraction of sp³-hybridized carbons (Fsp3) is 0.889. The number of nitrogens with zero attached hydrogens (tertiary/aromatic N) is 1. The van der Waals surface area contributed by atoms with E-state index >= 15 is 0 Å². The van der Waals surface area contributed by atoms with Crippen LogP contribution >= 0.6 is 11.6 Å². The van der Waals surface area contributed by atoms with Crippen molar-refractivity contribution in [2.75, 3.05) is 13.2 Å². The van der Waals surface area contributed by atoms with Gasteiger partial charge < -0.3 is 10.0 Å². The van der Waals surface area contributed by atoms with E-state index in [-0.39, 0.29) is 0 Å². The van der Waals surface area contributed by atoms with Gasteiger partial charge in [0.15, 0.2) is 0 Å². The number of amides is 1. The SMILES string of the molecule is CC[C@H](Cl)C(=O)N1CC(F)(F)C[C@H]1CO. The van der Waals surface area contributed by atoms with E-state index in [1.165, 1.54) is 0 Å². The molecule has 0 aromatic rings. The molecule has 15 heavy (non-hydrogen) atoms. The second-order valence-electron chi connectivity index (χ2n) is 3.74. The van der Waals surface area contributed by atoms with Crippen LogP contribution in [-0.2, 0) is 4.79 Å². The largest absolute Gasteiger partial charge is 0.394 e. The van der Waals surface area contributed by atoms with Crippen LogP contribution in [-0.4, -0.2) is 46.4 Å². The molecule has 2 atom stereocenters. The van der Waals surface area contributed by atoms with E-state index < -0.39 is 42.8 Å². The van der Waals surface area contributed by atoms with Crippen LogP contribution in [0.4, 0.5) is 8.78 Å². The molecule has 0 bridgehead atoms.